The zero-order chi connectivity index (χ0) is 10.4. The lowest BCUT2D eigenvalue weighted by Crippen LogP contribution is -1.87. The summed E-state index contributed by atoms with van der Waals surface area (Å²) in [7, 11) is 0. The van der Waals surface area contributed by atoms with Crippen LogP contribution in [0.15, 0.2) is 18.2 Å². The first kappa shape index (κ1) is 11.5. The molecule has 0 fully saturated rings. The molecule has 0 atom stereocenters. The summed E-state index contributed by atoms with van der Waals surface area (Å²) in [6, 6.07) is 5.52. The smallest absolute Gasteiger partial charge is 0.119 e. The monoisotopic (exact) mass is 230 g/mol. The highest BCUT2D eigenvalue weighted by molar-refractivity contribution is 6.35. The summed E-state index contributed by atoms with van der Waals surface area (Å²) in [5, 5.41) is 1.37. The largest absolute Gasteiger partial charge is 0.303 e. The van der Waals surface area contributed by atoms with Crippen LogP contribution in [0.3, 0.4) is 0 Å². The average Bonchev–Trinajstić information content (AvgIpc) is 2.15. The molecule has 0 saturated heterocycles. The van der Waals surface area contributed by atoms with E-state index in [-0.39, 0.29) is 0 Å². The molecule has 1 aromatic rings. The van der Waals surface area contributed by atoms with Gasteiger partial charge in [0, 0.05) is 16.5 Å². The summed E-state index contributed by atoms with van der Waals surface area (Å²) >= 11 is 11.8. The predicted molar refractivity (Wildman–Crippen MR) is 60.1 cm³/mol. The maximum absolute atomic E-state index is 10.1. The van der Waals surface area contributed by atoms with Crippen LogP contribution in [0, 0.1) is 0 Å². The van der Waals surface area contributed by atoms with Crippen LogP contribution in [0.25, 0.3) is 0 Å². The minimum atomic E-state index is 0.630. The van der Waals surface area contributed by atoms with Gasteiger partial charge in [0.05, 0.1) is 0 Å². The number of hydrogen-bond donors (Lipinski definition) is 0. The summed E-state index contributed by atoms with van der Waals surface area (Å²) < 4.78 is 0. The van der Waals surface area contributed by atoms with Gasteiger partial charge in [-0.25, -0.2) is 0 Å². The zero-order valence-electron chi connectivity index (χ0n) is 7.80. The molecule has 0 aliphatic carbocycles. The first-order valence-electron chi connectivity index (χ1n) is 4.61. The number of hydrogen-bond acceptors (Lipinski definition) is 1. The van der Waals surface area contributed by atoms with Crippen molar-refractivity contribution in [2.75, 3.05) is 0 Å². The molecular weight excluding hydrogens is 219 g/mol. The summed E-state index contributed by atoms with van der Waals surface area (Å²) in [5.74, 6) is 0. The minimum absolute atomic E-state index is 0.630. The number of rotatable bonds is 5. The molecule has 1 nitrogen and oxygen atoms in total. The van der Waals surface area contributed by atoms with Crippen molar-refractivity contribution in [1.82, 2.24) is 0 Å². The highest BCUT2D eigenvalue weighted by atomic mass is 35.5. The summed E-state index contributed by atoms with van der Waals surface area (Å²) in [6.07, 6.45) is 4.39. The molecule has 3 heteroatoms. The van der Waals surface area contributed by atoms with E-state index in [1.165, 1.54) is 0 Å². The molecule has 0 unspecified atom stereocenters. The molecule has 0 spiro atoms. The van der Waals surface area contributed by atoms with Gasteiger partial charge in [0.1, 0.15) is 6.29 Å². The van der Waals surface area contributed by atoms with Crippen molar-refractivity contribution in [3.8, 4) is 0 Å². The van der Waals surface area contributed by atoms with Crippen molar-refractivity contribution in [2.24, 2.45) is 0 Å². The predicted octanol–water partition coefficient (Wildman–Crippen LogP) is 3.91. The van der Waals surface area contributed by atoms with Gasteiger partial charge in [-0.05, 0) is 37.0 Å². The number of halogens is 2. The maximum atomic E-state index is 10.1. The highest BCUT2D eigenvalue weighted by Crippen LogP contribution is 2.22. The Labute approximate surface area is 94.0 Å². The Bertz CT molecular complexity index is 310. The second-order valence-corrected chi connectivity index (χ2v) is 3.99. The molecule has 0 aromatic heterocycles. The summed E-state index contributed by atoms with van der Waals surface area (Å²) in [5.41, 5.74) is 1.10. The lowest BCUT2D eigenvalue weighted by Gasteiger charge is -2.03. The normalized spacial score (nSPS) is 10.1. The molecule has 76 valence electrons. The number of carbonyl (C=O) groups excluding carboxylic acids is 1. The fourth-order valence-electron chi connectivity index (χ4n) is 1.27. The molecule has 0 saturated carbocycles. The maximum Gasteiger partial charge on any atom is 0.119 e. The van der Waals surface area contributed by atoms with Gasteiger partial charge in [0.2, 0.25) is 0 Å². The average molecular weight is 231 g/mol. The van der Waals surface area contributed by atoms with E-state index in [2.05, 4.69) is 0 Å². The second-order valence-electron chi connectivity index (χ2n) is 3.15. The van der Waals surface area contributed by atoms with Crippen molar-refractivity contribution in [3.05, 3.63) is 33.8 Å². The van der Waals surface area contributed by atoms with Crippen molar-refractivity contribution in [3.63, 3.8) is 0 Å². The molecule has 0 bridgehead atoms. The third kappa shape index (κ3) is 3.69. The van der Waals surface area contributed by atoms with E-state index in [4.69, 9.17) is 23.2 Å². The molecule has 0 aliphatic heterocycles. The molecule has 0 amide bonds. The van der Waals surface area contributed by atoms with Crippen molar-refractivity contribution >= 4 is 29.5 Å². The Morgan fingerprint density at radius 3 is 2.64 bits per heavy atom. The first-order chi connectivity index (χ1) is 6.74. The van der Waals surface area contributed by atoms with Crippen LogP contribution in [0.2, 0.25) is 10.0 Å². The third-order valence-electron chi connectivity index (χ3n) is 2.03. The molecule has 1 aromatic carbocycles. The van der Waals surface area contributed by atoms with Crippen molar-refractivity contribution in [1.29, 1.82) is 0 Å². The van der Waals surface area contributed by atoms with Gasteiger partial charge in [-0.1, -0.05) is 29.3 Å². The van der Waals surface area contributed by atoms with E-state index in [0.29, 0.717) is 16.5 Å². The van der Waals surface area contributed by atoms with Crippen LogP contribution in [0.5, 0.6) is 0 Å². The van der Waals surface area contributed by atoms with Crippen LogP contribution in [-0.4, -0.2) is 6.29 Å². The van der Waals surface area contributed by atoms with Crippen LogP contribution >= 0.6 is 23.2 Å². The van der Waals surface area contributed by atoms with Gasteiger partial charge in [-0.15, -0.1) is 0 Å². The van der Waals surface area contributed by atoms with E-state index in [1.54, 1.807) is 6.07 Å². The number of carbonyl (C=O) groups is 1. The fraction of sp³-hybridized carbons (Fsp3) is 0.364. The Morgan fingerprint density at radius 1 is 1.21 bits per heavy atom. The van der Waals surface area contributed by atoms with Gasteiger partial charge < -0.3 is 4.79 Å². The Hall–Kier alpha value is -0.530. The molecule has 0 N–H and O–H groups in total. The molecule has 0 radical (unpaired) electrons. The SMILES string of the molecule is O=CCCCCc1ccc(Cl)cc1Cl. The molecule has 1 rings (SSSR count). The van der Waals surface area contributed by atoms with Crippen molar-refractivity contribution < 1.29 is 4.79 Å². The van der Waals surface area contributed by atoms with Gasteiger partial charge in [0.25, 0.3) is 0 Å². The van der Waals surface area contributed by atoms with Gasteiger partial charge in [-0.2, -0.15) is 0 Å². The Morgan fingerprint density at radius 2 is 2.00 bits per heavy atom. The fourth-order valence-corrected chi connectivity index (χ4v) is 1.77. The summed E-state index contributed by atoms with van der Waals surface area (Å²) in [4.78, 5) is 10.1. The van der Waals surface area contributed by atoms with E-state index >= 15 is 0 Å². The first-order valence-corrected chi connectivity index (χ1v) is 5.37. The Kier molecular flexibility index (Phi) is 4.99. The topological polar surface area (TPSA) is 17.1 Å². The Balaban J connectivity index is 2.46. The standard InChI is InChI=1S/C11H12Cl2O/c12-10-6-5-9(11(13)8-10)4-2-1-3-7-14/h5-8H,1-4H2. The molecule has 0 heterocycles. The van der Waals surface area contributed by atoms with Crippen LogP contribution in [0.4, 0.5) is 0 Å². The molecular formula is C11H12Cl2O. The van der Waals surface area contributed by atoms with Gasteiger partial charge in [-0.3, -0.25) is 0 Å². The number of unbranched alkanes of at least 4 members (excludes halogenated alkanes) is 2. The van der Waals surface area contributed by atoms with E-state index in [0.717, 1.165) is 31.1 Å². The van der Waals surface area contributed by atoms with Crippen LogP contribution < -0.4 is 0 Å². The highest BCUT2D eigenvalue weighted by Gasteiger charge is 2.00. The van der Waals surface area contributed by atoms with E-state index in [9.17, 15) is 4.79 Å². The number of benzene rings is 1. The van der Waals surface area contributed by atoms with Crippen LogP contribution in [-0.2, 0) is 11.2 Å². The quantitative estimate of drug-likeness (QED) is 0.554. The van der Waals surface area contributed by atoms with E-state index < -0.39 is 0 Å². The van der Waals surface area contributed by atoms with Crippen molar-refractivity contribution in [2.45, 2.75) is 25.7 Å². The van der Waals surface area contributed by atoms with Gasteiger partial charge >= 0.3 is 0 Å². The van der Waals surface area contributed by atoms with E-state index in [1.807, 2.05) is 12.1 Å². The molecule has 0 aliphatic rings. The van der Waals surface area contributed by atoms with Crippen LogP contribution in [0.1, 0.15) is 24.8 Å². The number of aryl methyl sites for hydroxylation is 1. The number of aldehydes is 1. The lowest BCUT2D eigenvalue weighted by atomic mass is 10.1. The summed E-state index contributed by atoms with van der Waals surface area (Å²) in [6.45, 7) is 0. The van der Waals surface area contributed by atoms with Gasteiger partial charge in [0.15, 0.2) is 0 Å². The lowest BCUT2D eigenvalue weighted by molar-refractivity contribution is -0.107. The third-order valence-corrected chi connectivity index (χ3v) is 2.62. The minimum Gasteiger partial charge on any atom is -0.303 e. The molecule has 14 heavy (non-hydrogen) atoms. The second kappa shape index (κ2) is 6.05. The zero-order valence-corrected chi connectivity index (χ0v) is 9.31.